The molecule has 0 fully saturated rings. The van der Waals surface area contributed by atoms with Gasteiger partial charge in [-0.3, -0.25) is 5.10 Å². The van der Waals surface area contributed by atoms with Crippen molar-refractivity contribution >= 4 is 5.82 Å². The summed E-state index contributed by atoms with van der Waals surface area (Å²) in [6.45, 7) is 0.572. The summed E-state index contributed by atoms with van der Waals surface area (Å²) in [6.07, 6.45) is 1.47. The zero-order valence-electron chi connectivity index (χ0n) is 8.94. The van der Waals surface area contributed by atoms with Gasteiger partial charge >= 0.3 is 0 Å². The van der Waals surface area contributed by atoms with Crippen LogP contribution < -0.4 is 5.32 Å². The molecule has 0 aliphatic rings. The van der Waals surface area contributed by atoms with E-state index in [2.05, 4.69) is 21.6 Å². The summed E-state index contributed by atoms with van der Waals surface area (Å²) in [4.78, 5) is 0. The van der Waals surface area contributed by atoms with Crippen molar-refractivity contribution in [3.8, 4) is 12.1 Å². The molecule has 2 aromatic rings. The second-order valence-electron chi connectivity index (χ2n) is 3.43. The zero-order valence-corrected chi connectivity index (χ0v) is 8.94. The lowest BCUT2D eigenvalue weighted by molar-refractivity contribution is 1.05. The van der Waals surface area contributed by atoms with E-state index in [1.807, 2.05) is 18.2 Å². The maximum atomic E-state index is 8.79. The number of aromatic amines is 1. The Balaban J connectivity index is 2.03. The normalized spacial score (nSPS) is 9.29. The summed E-state index contributed by atoms with van der Waals surface area (Å²) in [5.41, 5.74) is 2.15. The third-order valence-electron chi connectivity index (χ3n) is 2.31. The Morgan fingerprint density at radius 1 is 1.18 bits per heavy atom. The topological polar surface area (TPSA) is 88.3 Å². The highest BCUT2D eigenvalue weighted by atomic mass is 15.2. The third kappa shape index (κ3) is 2.42. The molecule has 5 heteroatoms. The lowest BCUT2D eigenvalue weighted by Crippen LogP contribution is -2.01. The van der Waals surface area contributed by atoms with Crippen LogP contribution in [0, 0.1) is 22.7 Å². The molecular formula is C12H9N5. The van der Waals surface area contributed by atoms with Crippen LogP contribution in [0.2, 0.25) is 0 Å². The van der Waals surface area contributed by atoms with Gasteiger partial charge in [0.05, 0.1) is 17.8 Å². The Kier molecular flexibility index (Phi) is 3.04. The van der Waals surface area contributed by atoms with Crippen LogP contribution >= 0.6 is 0 Å². The fourth-order valence-corrected chi connectivity index (χ4v) is 1.39. The van der Waals surface area contributed by atoms with Gasteiger partial charge in [-0.2, -0.15) is 15.6 Å². The minimum Gasteiger partial charge on any atom is -0.365 e. The Labute approximate surface area is 98.3 Å². The lowest BCUT2D eigenvalue weighted by atomic mass is 10.1. The maximum absolute atomic E-state index is 8.79. The number of nitrogens with zero attached hydrogens (tertiary/aromatic N) is 3. The summed E-state index contributed by atoms with van der Waals surface area (Å²) < 4.78 is 0. The summed E-state index contributed by atoms with van der Waals surface area (Å²) in [5.74, 6) is 0.608. The van der Waals surface area contributed by atoms with Crippen LogP contribution in [0.25, 0.3) is 0 Å². The first-order chi connectivity index (χ1) is 8.33. The Bertz CT molecular complexity index is 583. The van der Waals surface area contributed by atoms with Crippen molar-refractivity contribution in [3.05, 3.63) is 47.2 Å². The van der Waals surface area contributed by atoms with Crippen LogP contribution in [0.4, 0.5) is 5.82 Å². The number of aromatic nitrogens is 2. The van der Waals surface area contributed by atoms with Gasteiger partial charge in [0.1, 0.15) is 17.5 Å². The molecule has 0 atom stereocenters. The van der Waals surface area contributed by atoms with E-state index in [-0.39, 0.29) is 0 Å². The molecule has 1 aromatic heterocycles. The van der Waals surface area contributed by atoms with E-state index in [1.165, 1.54) is 6.20 Å². The van der Waals surface area contributed by atoms with Gasteiger partial charge in [-0.1, -0.05) is 12.1 Å². The molecule has 0 saturated carbocycles. The van der Waals surface area contributed by atoms with Gasteiger partial charge in [0.25, 0.3) is 0 Å². The van der Waals surface area contributed by atoms with E-state index < -0.39 is 0 Å². The molecular weight excluding hydrogens is 214 g/mol. The molecule has 0 radical (unpaired) electrons. The molecule has 0 aliphatic carbocycles. The molecule has 0 unspecified atom stereocenters. The van der Waals surface area contributed by atoms with Crippen molar-refractivity contribution in [3.63, 3.8) is 0 Å². The second-order valence-corrected chi connectivity index (χ2v) is 3.43. The van der Waals surface area contributed by atoms with Gasteiger partial charge in [-0.05, 0) is 17.7 Å². The fourth-order valence-electron chi connectivity index (χ4n) is 1.39. The number of benzene rings is 1. The Hall–Kier alpha value is -2.79. The van der Waals surface area contributed by atoms with Gasteiger partial charge < -0.3 is 5.32 Å². The minimum absolute atomic E-state index is 0.485. The molecule has 82 valence electrons. The predicted molar refractivity (Wildman–Crippen MR) is 61.8 cm³/mol. The smallest absolute Gasteiger partial charge is 0.139 e. The first-order valence-electron chi connectivity index (χ1n) is 5.00. The number of nitriles is 2. The van der Waals surface area contributed by atoms with Crippen LogP contribution in [0.15, 0.2) is 30.5 Å². The van der Waals surface area contributed by atoms with Crippen LogP contribution in [-0.4, -0.2) is 10.2 Å². The second kappa shape index (κ2) is 4.82. The number of hydrogen-bond donors (Lipinski definition) is 2. The highest BCUT2D eigenvalue weighted by Gasteiger charge is 2.02. The zero-order chi connectivity index (χ0) is 12.1. The number of rotatable bonds is 3. The molecule has 0 bridgehead atoms. The van der Waals surface area contributed by atoms with Crippen LogP contribution in [0.5, 0.6) is 0 Å². The average Bonchev–Trinajstić information content (AvgIpc) is 2.84. The van der Waals surface area contributed by atoms with Crippen LogP contribution in [-0.2, 0) is 6.54 Å². The quantitative estimate of drug-likeness (QED) is 0.829. The summed E-state index contributed by atoms with van der Waals surface area (Å²) >= 11 is 0. The van der Waals surface area contributed by atoms with Gasteiger partial charge in [-0.15, -0.1) is 0 Å². The van der Waals surface area contributed by atoms with Gasteiger partial charge in [-0.25, -0.2) is 0 Å². The average molecular weight is 223 g/mol. The molecule has 0 amide bonds. The standard InChI is InChI=1S/C12H9N5/c13-5-9-1-3-10(4-2-9)7-15-12-11(6-14)8-16-17-12/h1-4,8H,7H2,(H2,15,16,17). The van der Waals surface area contributed by atoms with Crippen molar-refractivity contribution in [2.24, 2.45) is 0 Å². The summed E-state index contributed by atoms with van der Waals surface area (Å²) in [6, 6.07) is 11.3. The number of nitrogens with one attached hydrogen (secondary N) is 2. The SMILES string of the molecule is N#Cc1ccc(CNc2[nH]ncc2C#N)cc1. The van der Waals surface area contributed by atoms with Crippen molar-refractivity contribution < 1.29 is 0 Å². The van der Waals surface area contributed by atoms with Crippen molar-refractivity contribution in [1.29, 1.82) is 10.5 Å². The molecule has 17 heavy (non-hydrogen) atoms. The van der Waals surface area contributed by atoms with Crippen LogP contribution in [0.1, 0.15) is 16.7 Å². The maximum Gasteiger partial charge on any atom is 0.139 e. The van der Waals surface area contributed by atoms with Crippen LogP contribution in [0.3, 0.4) is 0 Å². The van der Waals surface area contributed by atoms with Crippen molar-refractivity contribution in [2.75, 3.05) is 5.32 Å². The number of H-pyrrole nitrogens is 1. The van der Waals surface area contributed by atoms with Gasteiger partial charge in [0, 0.05) is 6.54 Å². The van der Waals surface area contributed by atoms with Gasteiger partial charge in [0.2, 0.25) is 0 Å². The van der Waals surface area contributed by atoms with E-state index in [9.17, 15) is 0 Å². The summed E-state index contributed by atoms with van der Waals surface area (Å²) in [7, 11) is 0. The minimum atomic E-state index is 0.485. The largest absolute Gasteiger partial charge is 0.365 e. The number of anilines is 1. The highest BCUT2D eigenvalue weighted by molar-refractivity contribution is 5.50. The molecule has 1 aromatic carbocycles. The monoisotopic (exact) mass is 223 g/mol. The Morgan fingerprint density at radius 2 is 1.94 bits per heavy atom. The molecule has 0 aliphatic heterocycles. The van der Waals surface area contributed by atoms with E-state index >= 15 is 0 Å². The fraction of sp³-hybridized carbons (Fsp3) is 0.0833. The molecule has 0 spiro atoms. The first-order valence-corrected chi connectivity index (χ1v) is 5.00. The first kappa shape index (κ1) is 10.7. The third-order valence-corrected chi connectivity index (χ3v) is 2.31. The predicted octanol–water partition coefficient (Wildman–Crippen LogP) is 1.77. The highest BCUT2D eigenvalue weighted by Crippen LogP contribution is 2.11. The number of hydrogen-bond acceptors (Lipinski definition) is 4. The molecule has 1 heterocycles. The van der Waals surface area contributed by atoms with E-state index in [0.29, 0.717) is 23.5 Å². The van der Waals surface area contributed by atoms with Gasteiger partial charge in [0.15, 0.2) is 0 Å². The summed E-state index contributed by atoms with van der Waals surface area (Å²) in [5, 5.41) is 27.0. The van der Waals surface area contributed by atoms with E-state index in [0.717, 1.165) is 5.56 Å². The lowest BCUT2D eigenvalue weighted by Gasteiger charge is -2.04. The molecule has 2 N–H and O–H groups in total. The molecule has 2 rings (SSSR count). The molecule has 0 saturated heterocycles. The van der Waals surface area contributed by atoms with E-state index in [1.54, 1.807) is 12.1 Å². The van der Waals surface area contributed by atoms with Crippen molar-refractivity contribution in [2.45, 2.75) is 6.54 Å². The van der Waals surface area contributed by atoms with Crippen molar-refractivity contribution in [1.82, 2.24) is 10.2 Å². The van der Waals surface area contributed by atoms with E-state index in [4.69, 9.17) is 10.5 Å². The Morgan fingerprint density at radius 3 is 2.59 bits per heavy atom. The molecule has 5 nitrogen and oxygen atoms in total.